The number of rotatable bonds is 3. The van der Waals surface area contributed by atoms with Crippen LogP contribution in [0.3, 0.4) is 0 Å². The summed E-state index contributed by atoms with van der Waals surface area (Å²) >= 11 is 18.1. The molecule has 7 heteroatoms. The zero-order chi connectivity index (χ0) is 15.1. The third kappa shape index (κ3) is 2.29. The molecule has 1 aromatic carbocycles. The molecule has 0 atom stereocenters. The molecule has 0 aliphatic carbocycles. The molecule has 0 aliphatic heterocycles. The number of benzene rings is 1. The third-order valence-corrected chi connectivity index (χ3v) is 4.28. The molecule has 3 aromatic rings. The molecule has 4 nitrogen and oxygen atoms in total. The fraction of sp³-hybridized carbons (Fsp3) is 0.286. The topological polar surface area (TPSA) is 38.5 Å². The second kappa shape index (κ2) is 5.48. The number of para-hydroxylation sites is 1. The van der Waals surface area contributed by atoms with Crippen LogP contribution in [0.1, 0.15) is 19.0 Å². The fourth-order valence-electron chi connectivity index (χ4n) is 2.53. The van der Waals surface area contributed by atoms with Gasteiger partial charge in [-0.1, -0.05) is 42.6 Å². The maximum atomic E-state index is 6.32. The molecule has 0 radical (unpaired) electrons. The molecule has 1 N–H and O–H groups in total. The Balaban J connectivity index is 2.39. The molecule has 0 saturated heterocycles. The molecular weight excluding hydrogens is 327 g/mol. The van der Waals surface area contributed by atoms with Crippen LogP contribution >= 0.6 is 35.4 Å². The Kier molecular flexibility index (Phi) is 3.82. The molecule has 0 spiro atoms. The van der Waals surface area contributed by atoms with Crippen LogP contribution in [0, 0.1) is 4.77 Å². The second-order valence-corrected chi connectivity index (χ2v) is 6.06. The lowest BCUT2D eigenvalue weighted by Crippen LogP contribution is -2.02. The molecule has 3 rings (SSSR count). The van der Waals surface area contributed by atoms with E-state index in [4.69, 9.17) is 35.4 Å². The number of aromatic nitrogens is 4. The summed E-state index contributed by atoms with van der Waals surface area (Å²) in [5, 5.41) is 5.67. The minimum Gasteiger partial charge on any atom is -0.327 e. The average Bonchev–Trinajstić information content (AvgIpc) is 2.90. The van der Waals surface area contributed by atoms with Crippen molar-refractivity contribution in [3.63, 3.8) is 0 Å². The van der Waals surface area contributed by atoms with Crippen LogP contribution in [0.4, 0.5) is 0 Å². The summed E-state index contributed by atoms with van der Waals surface area (Å²) in [7, 11) is 1.89. The van der Waals surface area contributed by atoms with E-state index in [0.717, 1.165) is 29.7 Å². The van der Waals surface area contributed by atoms with E-state index >= 15 is 0 Å². The van der Waals surface area contributed by atoms with Gasteiger partial charge in [0.2, 0.25) is 0 Å². The van der Waals surface area contributed by atoms with Gasteiger partial charge in [0.25, 0.3) is 0 Å². The van der Waals surface area contributed by atoms with Crippen molar-refractivity contribution in [2.24, 2.45) is 7.05 Å². The Morgan fingerprint density at radius 3 is 2.57 bits per heavy atom. The molecule has 0 fully saturated rings. The Morgan fingerprint density at radius 1 is 1.29 bits per heavy atom. The van der Waals surface area contributed by atoms with Crippen molar-refractivity contribution in [2.75, 3.05) is 0 Å². The maximum absolute atomic E-state index is 6.32. The highest BCUT2D eigenvalue weighted by Gasteiger charge is 2.19. The molecule has 110 valence electrons. The predicted octanol–water partition coefficient (Wildman–Crippen LogP) is 4.68. The van der Waals surface area contributed by atoms with Gasteiger partial charge in [0.15, 0.2) is 10.4 Å². The molecule has 2 aromatic heterocycles. The first-order valence-electron chi connectivity index (χ1n) is 6.65. The lowest BCUT2D eigenvalue weighted by molar-refractivity contribution is 0.735. The van der Waals surface area contributed by atoms with E-state index in [1.807, 2.05) is 22.4 Å². The van der Waals surface area contributed by atoms with Crippen molar-refractivity contribution in [2.45, 2.75) is 19.8 Å². The van der Waals surface area contributed by atoms with Gasteiger partial charge in [0.05, 0.1) is 21.4 Å². The fourth-order valence-corrected chi connectivity index (χ4v) is 3.38. The SMILES string of the molecule is CCCc1nn(C)c2c1[nH]c(=S)n2-c1c(Cl)cccc1Cl. The van der Waals surface area contributed by atoms with Crippen molar-refractivity contribution in [3.8, 4) is 5.69 Å². The van der Waals surface area contributed by atoms with Crippen LogP contribution < -0.4 is 0 Å². The summed E-state index contributed by atoms with van der Waals surface area (Å²) < 4.78 is 4.22. The lowest BCUT2D eigenvalue weighted by Gasteiger charge is -2.09. The number of nitrogens with one attached hydrogen (secondary N) is 1. The molecule has 0 saturated carbocycles. The van der Waals surface area contributed by atoms with Gasteiger partial charge in [-0.3, -0.25) is 4.57 Å². The van der Waals surface area contributed by atoms with E-state index in [-0.39, 0.29) is 0 Å². The summed E-state index contributed by atoms with van der Waals surface area (Å²) in [6, 6.07) is 5.41. The number of H-pyrrole nitrogens is 1. The normalized spacial score (nSPS) is 11.4. The molecule has 0 unspecified atom stereocenters. The van der Waals surface area contributed by atoms with Crippen molar-refractivity contribution < 1.29 is 0 Å². The van der Waals surface area contributed by atoms with Crippen LogP contribution in [0.25, 0.3) is 16.9 Å². The lowest BCUT2D eigenvalue weighted by atomic mass is 10.2. The van der Waals surface area contributed by atoms with E-state index in [2.05, 4.69) is 17.0 Å². The van der Waals surface area contributed by atoms with Crippen LogP contribution in [0.5, 0.6) is 0 Å². The van der Waals surface area contributed by atoms with Crippen molar-refractivity contribution in [3.05, 3.63) is 38.7 Å². The number of aromatic amines is 1. The molecule has 21 heavy (non-hydrogen) atoms. The Hall–Kier alpha value is -1.30. The largest absolute Gasteiger partial charge is 0.327 e. The Bertz CT molecular complexity index is 855. The molecular formula is C14H14Cl2N4S. The van der Waals surface area contributed by atoms with Gasteiger partial charge >= 0.3 is 0 Å². The van der Waals surface area contributed by atoms with Crippen LogP contribution in [-0.4, -0.2) is 19.3 Å². The highest BCUT2D eigenvalue weighted by atomic mass is 35.5. The van der Waals surface area contributed by atoms with Crippen molar-refractivity contribution >= 4 is 46.6 Å². The highest BCUT2D eigenvalue weighted by Crippen LogP contribution is 2.32. The zero-order valence-corrected chi connectivity index (χ0v) is 14.0. The van der Waals surface area contributed by atoms with Gasteiger partial charge in [0.1, 0.15) is 5.52 Å². The van der Waals surface area contributed by atoms with Gasteiger partial charge in [-0.05, 0) is 30.8 Å². The summed E-state index contributed by atoms with van der Waals surface area (Å²) in [5.41, 5.74) is 3.50. The van der Waals surface area contributed by atoms with Crippen LogP contribution in [0.2, 0.25) is 10.0 Å². The van der Waals surface area contributed by atoms with Crippen molar-refractivity contribution in [1.29, 1.82) is 0 Å². The van der Waals surface area contributed by atoms with Gasteiger partial charge in [0, 0.05) is 7.05 Å². The Labute approximate surface area is 137 Å². The van der Waals surface area contributed by atoms with Crippen LogP contribution in [0.15, 0.2) is 18.2 Å². The van der Waals surface area contributed by atoms with E-state index in [0.29, 0.717) is 20.5 Å². The van der Waals surface area contributed by atoms with E-state index in [9.17, 15) is 0 Å². The number of fused-ring (bicyclic) bond motifs is 1. The number of hydrogen-bond donors (Lipinski definition) is 1. The first-order valence-corrected chi connectivity index (χ1v) is 7.82. The number of nitrogens with zero attached hydrogens (tertiary/aromatic N) is 3. The third-order valence-electron chi connectivity index (χ3n) is 3.38. The van der Waals surface area contributed by atoms with Gasteiger partial charge < -0.3 is 4.98 Å². The first kappa shape index (κ1) is 14.6. The minimum absolute atomic E-state index is 0.553. The highest BCUT2D eigenvalue weighted by molar-refractivity contribution is 7.71. The molecule has 2 heterocycles. The standard InChI is InChI=1S/C14H14Cl2N4S/c1-3-5-10-11-13(19(2)18-10)20(14(21)17-11)12-8(15)6-4-7-9(12)16/h4,6-7H,3,5H2,1-2H3,(H,17,21). The summed E-state index contributed by atoms with van der Waals surface area (Å²) in [6.45, 7) is 2.12. The van der Waals surface area contributed by atoms with E-state index < -0.39 is 0 Å². The maximum Gasteiger partial charge on any atom is 0.184 e. The van der Waals surface area contributed by atoms with Gasteiger partial charge in [-0.2, -0.15) is 5.10 Å². The number of halogens is 2. The van der Waals surface area contributed by atoms with Crippen molar-refractivity contribution in [1.82, 2.24) is 19.3 Å². The Morgan fingerprint density at radius 2 is 1.95 bits per heavy atom. The molecule has 0 amide bonds. The van der Waals surface area contributed by atoms with Crippen LogP contribution in [-0.2, 0) is 13.5 Å². The monoisotopic (exact) mass is 340 g/mol. The van der Waals surface area contributed by atoms with Gasteiger partial charge in [-0.25, -0.2) is 4.68 Å². The summed E-state index contributed by atoms with van der Waals surface area (Å²) in [6.07, 6.45) is 1.91. The summed E-state index contributed by atoms with van der Waals surface area (Å²) in [5.74, 6) is 0. The number of hydrogen-bond acceptors (Lipinski definition) is 2. The van der Waals surface area contributed by atoms with E-state index in [1.54, 1.807) is 12.1 Å². The quantitative estimate of drug-likeness (QED) is 0.703. The minimum atomic E-state index is 0.553. The number of aryl methyl sites for hydroxylation is 2. The summed E-state index contributed by atoms with van der Waals surface area (Å²) in [4.78, 5) is 3.23. The average molecular weight is 341 g/mol. The zero-order valence-electron chi connectivity index (χ0n) is 11.7. The second-order valence-electron chi connectivity index (χ2n) is 4.85. The molecule has 0 aliphatic rings. The van der Waals surface area contributed by atoms with E-state index in [1.165, 1.54) is 0 Å². The molecule has 0 bridgehead atoms. The van der Waals surface area contributed by atoms with Gasteiger partial charge in [-0.15, -0.1) is 0 Å². The predicted molar refractivity (Wildman–Crippen MR) is 89.2 cm³/mol. The smallest absolute Gasteiger partial charge is 0.184 e. The number of imidazole rings is 1. The first-order chi connectivity index (χ1) is 10.0.